The first-order chi connectivity index (χ1) is 13.4. The third-order valence-corrected chi connectivity index (χ3v) is 5.77. The number of aromatic amines is 1. The molecule has 1 amide bonds. The predicted molar refractivity (Wildman–Crippen MR) is 111 cm³/mol. The van der Waals surface area contributed by atoms with Gasteiger partial charge < -0.3 is 20.5 Å². The van der Waals surface area contributed by atoms with Crippen LogP contribution in [0.15, 0.2) is 24.3 Å². The Morgan fingerprint density at radius 1 is 1.14 bits per heavy atom. The van der Waals surface area contributed by atoms with Crippen molar-refractivity contribution in [3.8, 4) is 0 Å². The van der Waals surface area contributed by atoms with Gasteiger partial charge in [-0.25, -0.2) is 0 Å². The van der Waals surface area contributed by atoms with Gasteiger partial charge in [0.1, 0.15) is 11.5 Å². The van der Waals surface area contributed by atoms with E-state index in [1.54, 1.807) is 0 Å². The first-order valence-electron chi connectivity index (χ1n) is 9.77. The van der Waals surface area contributed by atoms with Gasteiger partial charge in [0.15, 0.2) is 0 Å². The quantitative estimate of drug-likeness (QED) is 0.647. The summed E-state index contributed by atoms with van der Waals surface area (Å²) in [6.45, 7) is 7.90. The Hall–Kier alpha value is -3.09. The average molecular weight is 376 g/mol. The highest BCUT2D eigenvalue weighted by Gasteiger charge is 2.38. The molecule has 3 aromatic rings. The maximum atomic E-state index is 12.2. The molecule has 28 heavy (non-hydrogen) atoms. The number of carbonyl (C=O) groups excluding carboxylic acids is 1. The summed E-state index contributed by atoms with van der Waals surface area (Å²) in [6.07, 6.45) is 2.35. The van der Waals surface area contributed by atoms with Gasteiger partial charge in [-0.05, 0) is 63.4 Å². The fourth-order valence-electron chi connectivity index (χ4n) is 4.07. The van der Waals surface area contributed by atoms with E-state index in [0.29, 0.717) is 0 Å². The van der Waals surface area contributed by atoms with E-state index in [0.717, 1.165) is 58.5 Å². The van der Waals surface area contributed by atoms with Crippen LogP contribution in [0.2, 0.25) is 0 Å². The van der Waals surface area contributed by atoms with E-state index < -0.39 is 5.41 Å². The number of aromatic nitrogens is 3. The van der Waals surface area contributed by atoms with Crippen molar-refractivity contribution in [3.05, 3.63) is 35.5 Å². The minimum Gasteiger partial charge on any atom is -0.343 e. The van der Waals surface area contributed by atoms with Gasteiger partial charge in [-0.1, -0.05) is 0 Å². The van der Waals surface area contributed by atoms with Crippen molar-refractivity contribution in [2.45, 2.75) is 39.0 Å². The SMILES string of the molecule is Cc1cc2c(Nc3ccc4c(c3)C(C)(C)C(=O)N4)nc(N3CCCC3)nc2[nH]1. The number of benzene rings is 1. The third-order valence-electron chi connectivity index (χ3n) is 5.77. The van der Waals surface area contributed by atoms with Crippen LogP contribution in [0.5, 0.6) is 0 Å². The summed E-state index contributed by atoms with van der Waals surface area (Å²) >= 11 is 0. The molecule has 0 radical (unpaired) electrons. The van der Waals surface area contributed by atoms with Crippen LogP contribution < -0.4 is 15.5 Å². The number of carbonyl (C=O) groups is 1. The molecule has 0 spiro atoms. The first kappa shape index (κ1) is 17.0. The highest BCUT2D eigenvalue weighted by Crippen LogP contribution is 2.39. The Bertz CT molecular complexity index is 1090. The van der Waals surface area contributed by atoms with Crippen molar-refractivity contribution in [3.63, 3.8) is 0 Å². The van der Waals surface area contributed by atoms with Crippen LogP contribution in [0.4, 0.5) is 23.1 Å². The van der Waals surface area contributed by atoms with Gasteiger partial charge >= 0.3 is 0 Å². The Balaban J connectivity index is 1.57. The maximum Gasteiger partial charge on any atom is 0.234 e. The van der Waals surface area contributed by atoms with E-state index in [1.807, 2.05) is 39.0 Å². The van der Waals surface area contributed by atoms with E-state index in [9.17, 15) is 4.79 Å². The Morgan fingerprint density at radius 3 is 2.71 bits per heavy atom. The Labute approximate surface area is 163 Å². The largest absolute Gasteiger partial charge is 0.343 e. The molecule has 0 saturated carbocycles. The normalized spacial score (nSPS) is 17.8. The smallest absolute Gasteiger partial charge is 0.234 e. The van der Waals surface area contributed by atoms with Crippen LogP contribution in [-0.2, 0) is 10.2 Å². The lowest BCUT2D eigenvalue weighted by atomic mass is 9.86. The molecule has 0 aliphatic carbocycles. The van der Waals surface area contributed by atoms with Crippen LogP contribution >= 0.6 is 0 Å². The molecule has 7 heteroatoms. The van der Waals surface area contributed by atoms with Gasteiger partial charge in [-0.3, -0.25) is 4.79 Å². The molecule has 7 nitrogen and oxygen atoms in total. The molecule has 4 heterocycles. The monoisotopic (exact) mass is 376 g/mol. The molecule has 2 aromatic heterocycles. The van der Waals surface area contributed by atoms with Crippen LogP contribution in [0, 0.1) is 6.92 Å². The third kappa shape index (κ3) is 2.61. The lowest BCUT2D eigenvalue weighted by molar-refractivity contribution is -0.119. The van der Waals surface area contributed by atoms with Crippen molar-refractivity contribution in [2.75, 3.05) is 28.6 Å². The van der Waals surface area contributed by atoms with Gasteiger partial charge in [-0.2, -0.15) is 9.97 Å². The minimum absolute atomic E-state index is 0.0293. The molecular formula is C21H24N6O. The summed E-state index contributed by atoms with van der Waals surface area (Å²) in [5.74, 6) is 1.57. The molecular weight excluding hydrogens is 352 g/mol. The zero-order valence-electron chi connectivity index (χ0n) is 16.4. The van der Waals surface area contributed by atoms with E-state index >= 15 is 0 Å². The molecule has 0 atom stereocenters. The number of fused-ring (bicyclic) bond motifs is 2. The molecule has 5 rings (SSSR count). The highest BCUT2D eigenvalue weighted by molar-refractivity contribution is 6.06. The van der Waals surface area contributed by atoms with Gasteiger partial charge in [0, 0.05) is 30.2 Å². The average Bonchev–Trinajstić information content (AvgIpc) is 3.35. The predicted octanol–water partition coefficient (Wildman–Crippen LogP) is 3.84. The van der Waals surface area contributed by atoms with Crippen LogP contribution in [0.1, 0.15) is 37.9 Å². The second-order valence-corrected chi connectivity index (χ2v) is 8.25. The summed E-state index contributed by atoms with van der Waals surface area (Å²) in [7, 11) is 0. The van der Waals surface area contributed by atoms with Crippen molar-refractivity contribution >= 4 is 40.1 Å². The lowest BCUT2D eigenvalue weighted by Gasteiger charge is -2.18. The number of hydrogen-bond donors (Lipinski definition) is 3. The molecule has 1 saturated heterocycles. The second kappa shape index (κ2) is 5.95. The molecule has 0 bridgehead atoms. The summed E-state index contributed by atoms with van der Waals surface area (Å²) in [5, 5.41) is 7.39. The number of rotatable bonds is 3. The fourth-order valence-corrected chi connectivity index (χ4v) is 4.07. The van der Waals surface area contributed by atoms with Crippen LogP contribution in [-0.4, -0.2) is 33.9 Å². The Morgan fingerprint density at radius 2 is 1.93 bits per heavy atom. The summed E-state index contributed by atoms with van der Waals surface area (Å²) < 4.78 is 0. The van der Waals surface area contributed by atoms with Crippen molar-refractivity contribution in [1.82, 2.24) is 15.0 Å². The topological polar surface area (TPSA) is 85.9 Å². The van der Waals surface area contributed by atoms with Crippen LogP contribution in [0.25, 0.3) is 11.0 Å². The standard InChI is InChI=1S/C21H24N6O/c1-12-10-14-17(22-12)25-20(27-8-4-5-9-27)26-18(14)23-13-6-7-16-15(11-13)21(2,3)19(28)24-16/h6-7,10-11H,4-5,8-9H2,1-3H3,(H,24,28)(H2,22,23,25,26). The number of anilines is 4. The first-order valence-corrected chi connectivity index (χ1v) is 9.77. The molecule has 2 aliphatic heterocycles. The molecule has 0 unspecified atom stereocenters. The van der Waals surface area contributed by atoms with E-state index in [2.05, 4.69) is 26.6 Å². The number of H-pyrrole nitrogens is 1. The van der Waals surface area contributed by atoms with Gasteiger partial charge in [-0.15, -0.1) is 0 Å². The number of hydrogen-bond acceptors (Lipinski definition) is 5. The molecule has 144 valence electrons. The molecule has 1 aromatic carbocycles. The zero-order valence-corrected chi connectivity index (χ0v) is 16.4. The zero-order chi connectivity index (χ0) is 19.5. The Kier molecular flexibility index (Phi) is 3.62. The van der Waals surface area contributed by atoms with Gasteiger partial charge in [0.2, 0.25) is 11.9 Å². The summed E-state index contributed by atoms with van der Waals surface area (Å²) in [4.78, 5) is 27.4. The van der Waals surface area contributed by atoms with Crippen molar-refractivity contribution < 1.29 is 4.79 Å². The minimum atomic E-state index is -0.542. The van der Waals surface area contributed by atoms with Gasteiger partial charge in [0.25, 0.3) is 0 Å². The van der Waals surface area contributed by atoms with E-state index in [1.165, 1.54) is 12.8 Å². The molecule has 3 N–H and O–H groups in total. The summed E-state index contributed by atoms with van der Waals surface area (Å²) in [5.41, 5.74) is 4.14. The number of amides is 1. The van der Waals surface area contributed by atoms with E-state index in [-0.39, 0.29) is 5.91 Å². The molecule has 1 fully saturated rings. The van der Waals surface area contributed by atoms with Gasteiger partial charge in [0.05, 0.1) is 10.8 Å². The van der Waals surface area contributed by atoms with Crippen molar-refractivity contribution in [2.24, 2.45) is 0 Å². The van der Waals surface area contributed by atoms with Crippen LogP contribution in [0.3, 0.4) is 0 Å². The number of aryl methyl sites for hydroxylation is 1. The van der Waals surface area contributed by atoms with E-state index in [4.69, 9.17) is 9.97 Å². The number of nitrogens with zero attached hydrogens (tertiary/aromatic N) is 3. The molecule has 2 aliphatic rings. The second-order valence-electron chi connectivity index (χ2n) is 8.25. The fraction of sp³-hybridized carbons (Fsp3) is 0.381. The summed E-state index contributed by atoms with van der Waals surface area (Å²) in [6, 6.07) is 8.03. The number of nitrogens with one attached hydrogen (secondary N) is 3. The lowest BCUT2D eigenvalue weighted by Crippen LogP contribution is -2.26. The highest BCUT2D eigenvalue weighted by atomic mass is 16.2. The maximum absolute atomic E-state index is 12.2. The van der Waals surface area contributed by atoms with Crippen molar-refractivity contribution in [1.29, 1.82) is 0 Å².